The van der Waals surface area contributed by atoms with Gasteiger partial charge < -0.3 is 4.74 Å². The van der Waals surface area contributed by atoms with Crippen LogP contribution in [0.5, 0.6) is 0 Å². The van der Waals surface area contributed by atoms with Gasteiger partial charge in [-0.25, -0.2) is 0 Å². The molecule has 0 fully saturated rings. The molecule has 0 aliphatic carbocycles. The van der Waals surface area contributed by atoms with Crippen LogP contribution in [-0.2, 0) is 14.5 Å². The Balaban J connectivity index is 4.66. The van der Waals surface area contributed by atoms with E-state index in [2.05, 4.69) is 41.5 Å². The third-order valence-corrected chi connectivity index (χ3v) is 5.13. The molecule has 0 bridgehead atoms. The van der Waals surface area contributed by atoms with Crippen LogP contribution >= 0.6 is 0 Å². The van der Waals surface area contributed by atoms with Gasteiger partial charge in [0.05, 0.1) is 33.2 Å². The van der Waals surface area contributed by atoms with Gasteiger partial charge in [0, 0.05) is 13.6 Å². The first-order valence-electron chi connectivity index (χ1n) is 9.02. The highest BCUT2D eigenvalue weighted by Crippen LogP contribution is 2.48. The number of hydroxylamine groups is 5. The van der Waals surface area contributed by atoms with Gasteiger partial charge in [0.2, 0.25) is 0 Å². The lowest BCUT2D eigenvalue weighted by molar-refractivity contribution is -1.09. The Labute approximate surface area is 149 Å². The Morgan fingerprint density at radius 2 is 1.58 bits per heavy atom. The highest BCUT2D eigenvalue weighted by molar-refractivity contribution is 5.77. The maximum atomic E-state index is 12.9. The van der Waals surface area contributed by atoms with Crippen LogP contribution in [0.2, 0.25) is 0 Å². The van der Waals surface area contributed by atoms with Crippen LogP contribution in [-0.4, -0.2) is 57.0 Å². The van der Waals surface area contributed by atoms with E-state index in [1.807, 2.05) is 35.1 Å². The first kappa shape index (κ1) is 23.4. The summed E-state index contributed by atoms with van der Waals surface area (Å²) in [5.74, 6) is 0.575. The van der Waals surface area contributed by atoms with Crippen molar-refractivity contribution in [2.45, 2.75) is 54.9 Å². The molecule has 0 saturated heterocycles. The number of carbonyl (C=O) groups excluding carboxylic acids is 1. The fourth-order valence-electron chi connectivity index (χ4n) is 2.90. The van der Waals surface area contributed by atoms with E-state index in [-0.39, 0.29) is 17.3 Å². The Hall–Kier alpha value is -0.650. The summed E-state index contributed by atoms with van der Waals surface area (Å²) in [4.78, 5) is 18.5. The van der Waals surface area contributed by atoms with Gasteiger partial charge in [-0.3, -0.25) is 4.79 Å². The van der Waals surface area contributed by atoms with Gasteiger partial charge in [0.15, 0.2) is 0 Å². The number of hydrogen-bond acceptors (Lipinski definition) is 4. The zero-order valence-electron chi connectivity index (χ0n) is 17.9. The molecule has 0 rings (SSSR count). The van der Waals surface area contributed by atoms with E-state index in [1.54, 1.807) is 5.06 Å². The maximum absolute atomic E-state index is 12.9. The molecule has 5 heteroatoms. The standard InChI is InChI=1S/C19H41N2O3/c1-15(2)16(3)19(7,18(4,5)6)17(22)23-14-12-13-20(8)24-21(9,10)11/h15-16H,12-14H2,1-11H3/q+1. The molecular formula is C19H41N2O3+. The van der Waals surface area contributed by atoms with E-state index in [0.29, 0.717) is 17.2 Å². The van der Waals surface area contributed by atoms with Gasteiger partial charge in [0.25, 0.3) is 0 Å². The van der Waals surface area contributed by atoms with Crippen molar-refractivity contribution in [1.29, 1.82) is 0 Å². The second-order valence-electron chi connectivity index (χ2n) is 9.30. The smallest absolute Gasteiger partial charge is 0.312 e. The van der Waals surface area contributed by atoms with Gasteiger partial charge in [0.1, 0.15) is 0 Å². The molecule has 2 atom stereocenters. The first-order valence-corrected chi connectivity index (χ1v) is 9.02. The number of carbonyl (C=O) groups is 1. The summed E-state index contributed by atoms with van der Waals surface area (Å²) in [6.07, 6.45) is 0.749. The number of quaternary nitrogens is 1. The molecule has 0 N–H and O–H groups in total. The molecule has 0 amide bonds. The highest BCUT2D eigenvalue weighted by Gasteiger charge is 2.50. The minimum absolute atomic E-state index is 0.0913. The van der Waals surface area contributed by atoms with Gasteiger partial charge in [-0.1, -0.05) is 41.5 Å². The summed E-state index contributed by atoms with van der Waals surface area (Å²) in [6.45, 7) is 16.0. The number of nitrogens with zero attached hydrogens (tertiary/aromatic N) is 2. The van der Waals surface area contributed by atoms with Crippen molar-refractivity contribution >= 4 is 5.97 Å². The summed E-state index contributed by atoms with van der Waals surface area (Å²) in [6, 6.07) is 0. The summed E-state index contributed by atoms with van der Waals surface area (Å²) >= 11 is 0. The van der Waals surface area contributed by atoms with E-state index in [4.69, 9.17) is 9.68 Å². The van der Waals surface area contributed by atoms with Gasteiger partial charge in [-0.05, 0) is 30.6 Å². The number of hydrogen-bond donors (Lipinski definition) is 0. The molecule has 0 aliphatic heterocycles. The number of esters is 1. The van der Waals surface area contributed by atoms with E-state index >= 15 is 0 Å². The molecule has 0 aromatic rings. The molecule has 5 nitrogen and oxygen atoms in total. The second kappa shape index (κ2) is 8.63. The van der Waals surface area contributed by atoms with Crippen molar-refractivity contribution in [1.82, 2.24) is 5.06 Å². The molecule has 0 spiro atoms. The summed E-state index contributed by atoms with van der Waals surface area (Å²) in [7, 11) is 7.77. The largest absolute Gasteiger partial charge is 0.465 e. The lowest BCUT2D eigenvalue weighted by Gasteiger charge is -2.45. The van der Waals surface area contributed by atoms with E-state index in [1.165, 1.54) is 0 Å². The van der Waals surface area contributed by atoms with Crippen molar-refractivity contribution in [2.24, 2.45) is 22.7 Å². The minimum atomic E-state index is -0.508. The SMILES string of the molecule is CC(C)C(C)C(C)(C(=O)OCCCN(C)O[N+](C)(C)C)C(C)(C)C. The van der Waals surface area contributed by atoms with Crippen molar-refractivity contribution in [3.8, 4) is 0 Å². The fourth-order valence-corrected chi connectivity index (χ4v) is 2.90. The molecule has 0 radical (unpaired) electrons. The number of rotatable bonds is 9. The van der Waals surface area contributed by atoms with Gasteiger partial charge in [-0.15, -0.1) is 10.0 Å². The second-order valence-corrected chi connectivity index (χ2v) is 9.30. The summed E-state index contributed by atoms with van der Waals surface area (Å²) in [5.41, 5.74) is -0.663. The van der Waals surface area contributed by atoms with Crippen molar-refractivity contribution in [3.63, 3.8) is 0 Å². The lowest BCUT2D eigenvalue weighted by Crippen LogP contribution is -2.48. The average Bonchev–Trinajstić information content (AvgIpc) is 2.38. The maximum Gasteiger partial charge on any atom is 0.312 e. The van der Waals surface area contributed by atoms with Crippen molar-refractivity contribution in [3.05, 3.63) is 0 Å². The normalized spacial score (nSPS) is 17.0. The quantitative estimate of drug-likeness (QED) is 0.276. The fraction of sp³-hybridized carbons (Fsp3) is 0.947. The molecule has 24 heavy (non-hydrogen) atoms. The zero-order valence-corrected chi connectivity index (χ0v) is 17.9. The Kier molecular flexibility index (Phi) is 8.40. The molecule has 0 aliphatic rings. The minimum Gasteiger partial charge on any atom is -0.465 e. The Morgan fingerprint density at radius 1 is 1.08 bits per heavy atom. The molecule has 0 aromatic heterocycles. The van der Waals surface area contributed by atoms with Crippen LogP contribution in [0.15, 0.2) is 0 Å². The summed E-state index contributed by atoms with van der Waals surface area (Å²) in [5, 5.41) is 1.79. The van der Waals surface area contributed by atoms with Gasteiger partial charge >= 0.3 is 5.97 Å². The average molecular weight is 346 g/mol. The van der Waals surface area contributed by atoms with Gasteiger partial charge in [-0.2, -0.15) is 4.65 Å². The van der Waals surface area contributed by atoms with Crippen LogP contribution in [0, 0.1) is 22.7 Å². The Morgan fingerprint density at radius 3 is 1.96 bits per heavy atom. The van der Waals surface area contributed by atoms with Crippen LogP contribution in [0.4, 0.5) is 0 Å². The summed E-state index contributed by atoms with van der Waals surface area (Å²) < 4.78 is 6.07. The lowest BCUT2D eigenvalue weighted by atomic mass is 9.58. The highest BCUT2D eigenvalue weighted by atomic mass is 16.9. The molecule has 0 saturated carbocycles. The third kappa shape index (κ3) is 6.69. The van der Waals surface area contributed by atoms with E-state index < -0.39 is 5.41 Å². The third-order valence-electron chi connectivity index (χ3n) is 5.13. The van der Waals surface area contributed by atoms with Crippen LogP contribution in [0.3, 0.4) is 0 Å². The van der Waals surface area contributed by atoms with Crippen molar-refractivity contribution < 1.29 is 19.1 Å². The topological polar surface area (TPSA) is 38.8 Å². The molecule has 0 aromatic carbocycles. The Bertz CT molecular complexity index is 396. The predicted octanol–water partition coefficient (Wildman–Crippen LogP) is 3.75. The molecule has 0 heterocycles. The van der Waals surface area contributed by atoms with E-state index in [9.17, 15) is 4.79 Å². The van der Waals surface area contributed by atoms with E-state index in [0.717, 1.165) is 13.0 Å². The molecule has 144 valence electrons. The molecular weight excluding hydrogens is 304 g/mol. The van der Waals surface area contributed by atoms with Crippen molar-refractivity contribution in [2.75, 3.05) is 41.3 Å². The van der Waals surface area contributed by atoms with Crippen LogP contribution < -0.4 is 0 Å². The predicted molar refractivity (Wildman–Crippen MR) is 98.9 cm³/mol. The monoisotopic (exact) mass is 345 g/mol. The van der Waals surface area contributed by atoms with Crippen LogP contribution in [0.1, 0.15) is 54.9 Å². The molecule has 2 unspecified atom stereocenters. The van der Waals surface area contributed by atoms with Crippen LogP contribution in [0.25, 0.3) is 0 Å². The number of ether oxygens (including phenoxy) is 1. The zero-order chi connectivity index (χ0) is 19.3. The first-order chi connectivity index (χ1) is 10.6.